The molecule has 0 bridgehead atoms. The van der Waals surface area contributed by atoms with E-state index < -0.39 is 29.4 Å². The summed E-state index contributed by atoms with van der Waals surface area (Å²) in [4.78, 5) is 35.4. The van der Waals surface area contributed by atoms with Crippen LogP contribution in [0.25, 0.3) is 0 Å². The molecule has 6 nitrogen and oxygen atoms in total. The molecule has 3 rings (SSSR count). The summed E-state index contributed by atoms with van der Waals surface area (Å²) in [6, 6.07) is 9.65. The average Bonchev–Trinajstić information content (AvgIpc) is 3.40. The minimum Gasteiger partial charge on any atom is -0.326 e. The zero-order valence-corrected chi connectivity index (χ0v) is 14.4. The van der Waals surface area contributed by atoms with Crippen molar-refractivity contribution < 1.29 is 23.2 Å². The molecule has 140 valence electrons. The van der Waals surface area contributed by atoms with E-state index >= 15 is 0 Å². The maximum absolute atomic E-state index is 13.2. The lowest BCUT2D eigenvalue weighted by Crippen LogP contribution is -2.20. The summed E-state index contributed by atoms with van der Waals surface area (Å²) in [5.41, 5.74) is 1.29. The molecule has 2 aromatic carbocycles. The second-order valence-electron chi connectivity index (χ2n) is 6.31. The van der Waals surface area contributed by atoms with E-state index in [2.05, 4.69) is 16.0 Å². The van der Waals surface area contributed by atoms with Crippen LogP contribution in [-0.4, -0.2) is 17.7 Å². The Bertz CT molecular complexity index is 900. The van der Waals surface area contributed by atoms with Crippen LogP contribution in [0.5, 0.6) is 0 Å². The number of anilines is 3. The van der Waals surface area contributed by atoms with E-state index in [1.54, 1.807) is 24.3 Å². The SMILES string of the molecule is CC(=O)Nc1ccc(NC(=O)C2CC2C(=O)Nc2ccc(F)c(F)c2)cc1. The van der Waals surface area contributed by atoms with E-state index in [-0.39, 0.29) is 17.5 Å². The van der Waals surface area contributed by atoms with Gasteiger partial charge in [0.25, 0.3) is 0 Å². The highest BCUT2D eigenvalue weighted by atomic mass is 19.2. The van der Waals surface area contributed by atoms with Gasteiger partial charge in [-0.15, -0.1) is 0 Å². The van der Waals surface area contributed by atoms with Gasteiger partial charge in [-0.2, -0.15) is 0 Å². The number of benzene rings is 2. The fourth-order valence-electron chi connectivity index (χ4n) is 2.66. The summed E-state index contributed by atoms with van der Waals surface area (Å²) in [6.45, 7) is 1.40. The van der Waals surface area contributed by atoms with Crippen LogP contribution in [0.3, 0.4) is 0 Å². The van der Waals surface area contributed by atoms with Crippen LogP contribution in [-0.2, 0) is 14.4 Å². The highest BCUT2D eigenvalue weighted by Crippen LogP contribution is 2.40. The minimum absolute atomic E-state index is 0.138. The molecule has 0 heterocycles. The Morgan fingerprint density at radius 3 is 1.78 bits per heavy atom. The third kappa shape index (κ3) is 4.66. The number of hydrogen-bond donors (Lipinski definition) is 3. The van der Waals surface area contributed by atoms with Crippen molar-refractivity contribution >= 4 is 34.8 Å². The number of halogens is 2. The van der Waals surface area contributed by atoms with Gasteiger partial charge in [-0.3, -0.25) is 14.4 Å². The first-order chi connectivity index (χ1) is 12.8. The van der Waals surface area contributed by atoms with Crippen LogP contribution in [0.1, 0.15) is 13.3 Å². The van der Waals surface area contributed by atoms with Gasteiger partial charge < -0.3 is 16.0 Å². The number of nitrogens with one attached hydrogen (secondary N) is 3. The fraction of sp³-hybridized carbons (Fsp3) is 0.211. The number of carbonyl (C=O) groups excluding carboxylic acids is 3. The van der Waals surface area contributed by atoms with Crippen molar-refractivity contribution in [3.8, 4) is 0 Å². The first-order valence-corrected chi connectivity index (χ1v) is 8.28. The molecule has 0 saturated heterocycles. The monoisotopic (exact) mass is 373 g/mol. The molecular formula is C19H17F2N3O3. The molecular weight excluding hydrogens is 356 g/mol. The largest absolute Gasteiger partial charge is 0.326 e. The Morgan fingerprint density at radius 1 is 0.778 bits per heavy atom. The highest BCUT2D eigenvalue weighted by Gasteiger charge is 2.48. The molecule has 8 heteroatoms. The van der Waals surface area contributed by atoms with E-state index in [0.717, 1.165) is 12.1 Å². The maximum atomic E-state index is 13.2. The molecule has 1 fully saturated rings. The molecule has 0 radical (unpaired) electrons. The Morgan fingerprint density at radius 2 is 1.26 bits per heavy atom. The summed E-state index contributed by atoms with van der Waals surface area (Å²) in [5.74, 6) is -3.96. The van der Waals surface area contributed by atoms with E-state index in [0.29, 0.717) is 17.8 Å². The van der Waals surface area contributed by atoms with Gasteiger partial charge in [0.1, 0.15) is 0 Å². The molecule has 0 aliphatic heterocycles. The van der Waals surface area contributed by atoms with Crippen LogP contribution < -0.4 is 16.0 Å². The quantitative estimate of drug-likeness (QED) is 0.752. The second kappa shape index (κ2) is 7.53. The van der Waals surface area contributed by atoms with Gasteiger partial charge in [0, 0.05) is 30.1 Å². The van der Waals surface area contributed by atoms with Crippen molar-refractivity contribution in [1.82, 2.24) is 0 Å². The molecule has 1 saturated carbocycles. The van der Waals surface area contributed by atoms with Gasteiger partial charge in [-0.25, -0.2) is 8.78 Å². The van der Waals surface area contributed by atoms with Crippen LogP contribution in [0.2, 0.25) is 0 Å². The lowest BCUT2D eigenvalue weighted by Gasteiger charge is -2.07. The molecule has 1 aliphatic rings. The smallest absolute Gasteiger partial charge is 0.228 e. The van der Waals surface area contributed by atoms with Crippen LogP contribution in [0, 0.1) is 23.5 Å². The lowest BCUT2D eigenvalue weighted by atomic mass is 10.2. The van der Waals surface area contributed by atoms with Crippen molar-refractivity contribution in [2.24, 2.45) is 11.8 Å². The van der Waals surface area contributed by atoms with Gasteiger partial charge in [0.2, 0.25) is 17.7 Å². The predicted octanol–water partition coefficient (Wildman–Crippen LogP) is 3.14. The molecule has 2 unspecified atom stereocenters. The van der Waals surface area contributed by atoms with E-state index in [1.165, 1.54) is 13.0 Å². The van der Waals surface area contributed by atoms with E-state index in [1.807, 2.05) is 0 Å². The maximum Gasteiger partial charge on any atom is 0.228 e. The predicted molar refractivity (Wildman–Crippen MR) is 96.0 cm³/mol. The third-order valence-electron chi connectivity index (χ3n) is 4.12. The van der Waals surface area contributed by atoms with Crippen molar-refractivity contribution in [2.45, 2.75) is 13.3 Å². The van der Waals surface area contributed by atoms with Gasteiger partial charge >= 0.3 is 0 Å². The highest BCUT2D eigenvalue weighted by molar-refractivity contribution is 6.03. The molecule has 0 aromatic heterocycles. The van der Waals surface area contributed by atoms with Crippen LogP contribution in [0.4, 0.5) is 25.8 Å². The van der Waals surface area contributed by atoms with E-state index in [4.69, 9.17) is 0 Å². The molecule has 3 N–H and O–H groups in total. The Kier molecular flexibility index (Phi) is 5.16. The second-order valence-corrected chi connectivity index (χ2v) is 6.31. The number of amides is 3. The summed E-state index contributed by atoms with van der Waals surface area (Å²) < 4.78 is 26.1. The van der Waals surface area contributed by atoms with Crippen molar-refractivity contribution in [3.63, 3.8) is 0 Å². The topological polar surface area (TPSA) is 87.3 Å². The minimum atomic E-state index is -1.06. The molecule has 1 aliphatic carbocycles. The molecule has 27 heavy (non-hydrogen) atoms. The normalized spacial score (nSPS) is 17.7. The van der Waals surface area contributed by atoms with Gasteiger partial charge in [0.05, 0.1) is 11.8 Å². The molecule has 3 amide bonds. The number of carbonyl (C=O) groups is 3. The zero-order valence-electron chi connectivity index (χ0n) is 14.4. The Hall–Kier alpha value is -3.29. The lowest BCUT2D eigenvalue weighted by molar-refractivity contribution is -0.122. The first kappa shape index (κ1) is 18.5. The van der Waals surface area contributed by atoms with Crippen LogP contribution in [0.15, 0.2) is 42.5 Å². The van der Waals surface area contributed by atoms with Crippen LogP contribution >= 0.6 is 0 Å². The van der Waals surface area contributed by atoms with Crippen molar-refractivity contribution in [2.75, 3.05) is 16.0 Å². The average molecular weight is 373 g/mol. The number of rotatable bonds is 5. The first-order valence-electron chi connectivity index (χ1n) is 8.28. The molecule has 0 spiro atoms. The number of hydrogen-bond acceptors (Lipinski definition) is 3. The van der Waals surface area contributed by atoms with Crippen molar-refractivity contribution in [1.29, 1.82) is 0 Å². The Balaban J connectivity index is 1.53. The summed E-state index contributed by atoms with van der Waals surface area (Å²) in [6.07, 6.45) is 0.380. The van der Waals surface area contributed by atoms with Gasteiger partial charge in [-0.1, -0.05) is 0 Å². The molecule has 2 aromatic rings. The standard InChI is InChI=1S/C19H17F2N3O3/c1-10(25)22-11-2-4-12(5-3-11)23-18(26)14-9-15(14)19(27)24-13-6-7-16(20)17(21)8-13/h2-8,14-15H,9H2,1H3,(H,22,25)(H,23,26)(H,24,27). The summed E-state index contributed by atoms with van der Waals surface area (Å²) in [5, 5.41) is 7.81. The fourth-order valence-corrected chi connectivity index (χ4v) is 2.66. The van der Waals surface area contributed by atoms with E-state index in [9.17, 15) is 23.2 Å². The molecule has 2 atom stereocenters. The summed E-state index contributed by atoms with van der Waals surface area (Å²) in [7, 11) is 0. The van der Waals surface area contributed by atoms with Crippen molar-refractivity contribution in [3.05, 3.63) is 54.1 Å². The zero-order chi connectivity index (χ0) is 19.6. The Labute approximate surface area is 154 Å². The van der Waals surface area contributed by atoms with Gasteiger partial charge in [0.15, 0.2) is 11.6 Å². The van der Waals surface area contributed by atoms with Gasteiger partial charge in [-0.05, 0) is 42.8 Å². The third-order valence-corrected chi connectivity index (χ3v) is 4.12. The summed E-state index contributed by atoms with van der Waals surface area (Å²) >= 11 is 0.